The SMILES string of the molecule is [2H]c1c([2H])c([2H])c(-c2ccccc2N(c2ccc3c(c2)C2(c4ccccc4-c4ccc(N(c5ccccc5)c5ccccc5)cc42)c2ccccc2-3)c2cccc3c2-c2ccccc2C3(c2ccccc2)c2ccccc2)c([2H])c1[2H]. The molecule has 0 saturated heterocycles. The zero-order chi connectivity index (χ0) is 54.6. The zero-order valence-electron chi connectivity index (χ0n) is 46.4. The van der Waals surface area contributed by atoms with Gasteiger partial charge in [-0.25, -0.2) is 0 Å². The van der Waals surface area contributed by atoms with Gasteiger partial charge in [0.2, 0.25) is 0 Å². The van der Waals surface area contributed by atoms with Crippen molar-refractivity contribution in [2.24, 2.45) is 0 Å². The molecule has 2 nitrogen and oxygen atoms in total. The molecule has 0 N–H and O–H groups in total. The van der Waals surface area contributed by atoms with Crippen LogP contribution in [-0.4, -0.2) is 0 Å². The van der Waals surface area contributed by atoms with E-state index in [0.717, 1.165) is 78.5 Å². The first kappa shape index (κ1) is 38.8. The normalized spacial score (nSPS) is 15.7. The van der Waals surface area contributed by atoms with Gasteiger partial charge >= 0.3 is 0 Å². The van der Waals surface area contributed by atoms with Crippen molar-refractivity contribution in [3.05, 3.63) is 348 Å². The van der Waals surface area contributed by atoms with Crippen molar-refractivity contribution >= 4 is 34.1 Å². The van der Waals surface area contributed by atoms with Gasteiger partial charge in [0.1, 0.15) is 0 Å². The first-order valence-corrected chi connectivity index (χ1v) is 26.0. The second kappa shape index (κ2) is 17.4. The lowest BCUT2D eigenvalue weighted by molar-refractivity contribution is 0.768. The third-order valence-corrected chi connectivity index (χ3v) is 16.2. The molecule has 0 amide bonds. The topological polar surface area (TPSA) is 6.48 Å². The van der Waals surface area contributed by atoms with E-state index < -0.39 is 16.9 Å². The van der Waals surface area contributed by atoms with Crippen LogP contribution in [-0.2, 0) is 10.8 Å². The largest absolute Gasteiger partial charge is 0.310 e. The summed E-state index contributed by atoms with van der Waals surface area (Å²) in [5.74, 6) is 0. The predicted octanol–water partition coefficient (Wildman–Crippen LogP) is 19.0. The maximum atomic E-state index is 9.47. The van der Waals surface area contributed by atoms with E-state index in [9.17, 15) is 2.74 Å². The van der Waals surface area contributed by atoms with E-state index >= 15 is 0 Å². The van der Waals surface area contributed by atoms with Crippen molar-refractivity contribution in [3.63, 3.8) is 0 Å². The molecule has 76 heavy (non-hydrogen) atoms. The quantitative estimate of drug-likeness (QED) is 0.142. The Morgan fingerprint density at radius 1 is 0.263 bits per heavy atom. The van der Waals surface area contributed by atoms with E-state index in [-0.39, 0.29) is 29.7 Å². The van der Waals surface area contributed by atoms with Crippen LogP contribution in [0.1, 0.15) is 51.4 Å². The van der Waals surface area contributed by atoms with E-state index in [1.807, 2.05) is 24.3 Å². The molecule has 0 bridgehead atoms. The summed E-state index contributed by atoms with van der Waals surface area (Å²) >= 11 is 0. The van der Waals surface area contributed by atoms with Gasteiger partial charge in [0.25, 0.3) is 0 Å². The lowest BCUT2D eigenvalue weighted by atomic mass is 9.68. The standard InChI is InChI=1S/C74H50N2/c1-6-25-51(26-7-1)58-35-19-23-43-70(58)76(71-44-24-42-67-72(71)63-38-18-22-41-66(63)73(67,52-27-8-2-9-28-52)53-29-10-3-11-30-53)57-46-48-62-60-37-17-21-40-65(60)74(69(62)50-57)64-39-20-16-36-59(64)61-47-45-56(49-68(61)74)75(54-31-12-4-13-32-54)55-33-14-5-15-34-55/h1-50H/i1D,6D,7D,25D,26D. The molecule has 15 rings (SSSR count). The number of hydrogen-bond acceptors (Lipinski definition) is 2. The van der Waals surface area contributed by atoms with Gasteiger partial charge < -0.3 is 9.80 Å². The van der Waals surface area contributed by atoms with Crippen LogP contribution in [0.2, 0.25) is 0 Å². The Bertz CT molecular complexity index is 4370. The number of fused-ring (bicyclic) bond motifs is 13. The second-order valence-corrected chi connectivity index (χ2v) is 19.9. The van der Waals surface area contributed by atoms with Crippen LogP contribution in [0.3, 0.4) is 0 Å². The van der Waals surface area contributed by atoms with Gasteiger partial charge in [-0.15, -0.1) is 0 Å². The minimum atomic E-state index is -0.776. The zero-order valence-corrected chi connectivity index (χ0v) is 41.4. The summed E-state index contributed by atoms with van der Waals surface area (Å²) in [5, 5.41) is 0. The molecule has 0 aromatic heterocycles. The monoisotopic (exact) mass is 971 g/mol. The molecule has 356 valence electrons. The predicted molar refractivity (Wildman–Crippen MR) is 315 cm³/mol. The third-order valence-electron chi connectivity index (χ3n) is 16.2. The van der Waals surface area contributed by atoms with Crippen LogP contribution in [0.15, 0.2) is 303 Å². The van der Waals surface area contributed by atoms with Crippen LogP contribution < -0.4 is 9.80 Å². The summed E-state index contributed by atoms with van der Waals surface area (Å²) in [6, 6.07) is 95.7. The van der Waals surface area contributed by atoms with Crippen LogP contribution >= 0.6 is 0 Å². The third kappa shape index (κ3) is 6.28. The Hall–Kier alpha value is -9.76. The highest BCUT2D eigenvalue weighted by atomic mass is 15.2. The van der Waals surface area contributed by atoms with Crippen molar-refractivity contribution in [3.8, 4) is 44.5 Å². The number of hydrogen-bond donors (Lipinski definition) is 0. The van der Waals surface area contributed by atoms with Crippen molar-refractivity contribution in [1.29, 1.82) is 0 Å². The number of benzene rings is 12. The number of anilines is 6. The molecule has 0 heterocycles. The average Bonchev–Trinajstić information content (AvgIpc) is 1.95. The maximum absolute atomic E-state index is 9.47. The first-order valence-electron chi connectivity index (χ1n) is 28.5. The number of nitrogens with zero attached hydrogens (tertiary/aromatic N) is 2. The van der Waals surface area contributed by atoms with E-state index in [0.29, 0.717) is 11.3 Å². The van der Waals surface area contributed by atoms with E-state index in [1.54, 1.807) is 0 Å². The van der Waals surface area contributed by atoms with Gasteiger partial charge in [-0.3, -0.25) is 0 Å². The molecule has 12 aromatic carbocycles. The van der Waals surface area contributed by atoms with Crippen LogP contribution in [0.4, 0.5) is 34.1 Å². The highest BCUT2D eigenvalue weighted by Crippen LogP contribution is 2.65. The molecule has 12 aromatic rings. The Kier molecular flexibility index (Phi) is 8.91. The fourth-order valence-corrected chi connectivity index (χ4v) is 13.3. The molecule has 1 unspecified atom stereocenters. The van der Waals surface area contributed by atoms with Gasteiger partial charge in [0.05, 0.1) is 29.1 Å². The molecule has 0 radical (unpaired) electrons. The first-order chi connectivity index (χ1) is 39.8. The summed E-state index contributed by atoms with van der Waals surface area (Å²) < 4.78 is 45.5. The summed E-state index contributed by atoms with van der Waals surface area (Å²) in [4.78, 5) is 4.63. The van der Waals surface area contributed by atoms with Crippen molar-refractivity contribution in [1.82, 2.24) is 0 Å². The summed E-state index contributed by atoms with van der Waals surface area (Å²) in [5.41, 5.74) is 20.7. The number of para-hydroxylation sites is 3. The molecule has 3 aliphatic rings. The van der Waals surface area contributed by atoms with Gasteiger partial charge in [0, 0.05) is 33.9 Å². The van der Waals surface area contributed by atoms with E-state index in [4.69, 9.17) is 4.11 Å². The minimum absolute atomic E-state index is 0.134. The van der Waals surface area contributed by atoms with Crippen LogP contribution in [0.25, 0.3) is 44.5 Å². The lowest BCUT2D eigenvalue weighted by Gasteiger charge is -2.35. The fourth-order valence-electron chi connectivity index (χ4n) is 13.3. The van der Waals surface area contributed by atoms with Gasteiger partial charge in [-0.2, -0.15) is 0 Å². The van der Waals surface area contributed by atoms with Gasteiger partial charge in [0.15, 0.2) is 0 Å². The lowest BCUT2D eigenvalue weighted by Crippen LogP contribution is -2.28. The fraction of sp³-hybridized carbons (Fsp3) is 0.0270. The van der Waals surface area contributed by atoms with Crippen LogP contribution in [0.5, 0.6) is 0 Å². The number of rotatable bonds is 9. The van der Waals surface area contributed by atoms with Gasteiger partial charge in [-0.1, -0.05) is 243 Å². The molecular weight excluding hydrogens is 917 g/mol. The Morgan fingerprint density at radius 2 is 0.671 bits per heavy atom. The average molecular weight is 972 g/mol. The highest BCUT2D eigenvalue weighted by molar-refractivity contribution is 6.02. The van der Waals surface area contributed by atoms with Crippen molar-refractivity contribution in [2.45, 2.75) is 10.8 Å². The summed E-state index contributed by atoms with van der Waals surface area (Å²) in [7, 11) is 0. The van der Waals surface area contributed by atoms with E-state index in [1.165, 1.54) is 27.8 Å². The Labute approximate surface area is 451 Å². The van der Waals surface area contributed by atoms with Crippen molar-refractivity contribution in [2.75, 3.05) is 9.80 Å². The summed E-state index contributed by atoms with van der Waals surface area (Å²) in [6.45, 7) is 0. The summed E-state index contributed by atoms with van der Waals surface area (Å²) in [6.07, 6.45) is 0. The molecule has 2 heteroatoms. The molecule has 1 atom stereocenters. The smallest absolute Gasteiger partial charge is 0.0727 e. The minimum Gasteiger partial charge on any atom is -0.310 e. The van der Waals surface area contributed by atoms with Crippen molar-refractivity contribution < 1.29 is 6.85 Å². The molecule has 0 saturated carbocycles. The van der Waals surface area contributed by atoms with Gasteiger partial charge in [-0.05, 0) is 139 Å². The Morgan fingerprint density at radius 3 is 1.22 bits per heavy atom. The molecule has 0 fully saturated rings. The molecule has 1 spiro atoms. The molecule has 3 aliphatic carbocycles. The second-order valence-electron chi connectivity index (χ2n) is 19.9. The highest BCUT2D eigenvalue weighted by Gasteiger charge is 2.53. The van der Waals surface area contributed by atoms with Crippen LogP contribution in [0, 0.1) is 0 Å². The maximum Gasteiger partial charge on any atom is 0.0727 e. The molecule has 0 aliphatic heterocycles. The molecular formula is C74H50N2. The Balaban J connectivity index is 1.04. The van der Waals surface area contributed by atoms with E-state index in [2.05, 4.69) is 259 Å².